The van der Waals surface area contributed by atoms with E-state index in [-0.39, 0.29) is 11.9 Å². The molecule has 3 rings (SSSR count). The fourth-order valence-electron chi connectivity index (χ4n) is 2.69. The van der Waals surface area contributed by atoms with Crippen LogP contribution in [0.1, 0.15) is 27.5 Å². The highest BCUT2D eigenvalue weighted by atomic mass is 16.5. The van der Waals surface area contributed by atoms with Gasteiger partial charge in [-0.05, 0) is 17.2 Å². The van der Waals surface area contributed by atoms with Crippen LogP contribution in [0, 0.1) is 0 Å². The first-order valence-electron chi connectivity index (χ1n) is 8.03. The molecule has 1 aromatic heterocycles. The predicted molar refractivity (Wildman–Crippen MR) is 93.8 cm³/mol. The number of nitrogens with zero attached hydrogens (tertiary/aromatic N) is 3. The zero-order chi connectivity index (χ0) is 17.5. The second-order valence-electron chi connectivity index (χ2n) is 5.64. The van der Waals surface area contributed by atoms with Gasteiger partial charge >= 0.3 is 0 Å². The summed E-state index contributed by atoms with van der Waals surface area (Å²) in [5, 5.41) is 7.25. The molecular weight excluding hydrogens is 316 g/mol. The van der Waals surface area contributed by atoms with Crippen molar-refractivity contribution in [2.24, 2.45) is 0 Å². The van der Waals surface area contributed by atoms with E-state index in [0.29, 0.717) is 18.7 Å². The SMILES string of the molecule is COCc1ccccc1C(=O)NC(Cn1cncn1)c1ccccc1. The lowest BCUT2D eigenvalue weighted by molar-refractivity contribution is 0.0927. The maximum atomic E-state index is 12.8. The van der Waals surface area contributed by atoms with Gasteiger partial charge in [-0.2, -0.15) is 5.10 Å². The lowest BCUT2D eigenvalue weighted by atomic mass is 10.0. The number of carbonyl (C=O) groups excluding carboxylic acids is 1. The number of ether oxygens (including phenoxy) is 1. The van der Waals surface area contributed by atoms with E-state index in [1.54, 1.807) is 24.2 Å². The van der Waals surface area contributed by atoms with Gasteiger partial charge in [0.2, 0.25) is 0 Å². The van der Waals surface area contributed by atoms with Gasteiger partial charge in [-0.25, -0.2) is 4.98 Å². The number of carbonyl (C=O) groups is 1. The zero-order valence-corrected chi connectivity index (χ0v) is 14.0. The smallest absolute Gasteiger partial charge is 0.252 e. The van der Waals surface area contributed by atoms with Gasteiger partial charge in [0.15, 0.2) is 0 Å². The van der Waals surface area contributed by atoms with E-state index in [1.165, 1.54) is 6.33 Å². The Morgan fingerprint density at radius 2 is 1.92 bits per heavy atom. The van der Waals surface area contributed by atoms with Crippen LogP contribution in [0.4, 0.5) is 0 Å². The molecule has 0 saturated carbocycles. The number of hydrogen-bond donors (Lipinski definition) is 1. The molecule has 6 nitrogen and oxygen atoms in total. The topological polar surface area (TPSA) is 69.0 Å². The number of aromatic nitrogens is 3. The summed E-state index contributed by atoms with van der Waals surface area (Å²) in [6.07, 6.45) is 3.12. The zero-order valence-electron chi connectivity index (χ0n) is 14.0. The summed E-state index contributed by atoms with van der Waals surface area (Å²) in [6, 6.07) is 17.1. The first kappa shape index (κ1) is 16.9. The summed E-state index contributed by atoms with van der Waals surface area (Å²) in [6.45, 7) is 0.894. The van der Waals surface area contributed by atoms with Crippen LogP contribution in [0.3, 0.4) is 0 Å². The molecule has 1 N–H and O–H groups in total. The minimum atomic E-state index is -0.217. The average Bonchev–Trinajstić information content (AvgIpc) is 3.16. The van der Waals surface area contributed by atoms with Gasteiger partial charge in [0.1, 0.15) is 12.7 Å². The average molecular weight is 336 g/mol. The Bertz CT molecular complexity index is 803. The summed E-state index contributed by atoms with van der Waals surface area (Å²) < 4.78 is 6.90. The molecule has 128 valence electrons. The van der Waals surface area contributed by atoms with E-state index in [0.717, 1.165) is 11.1 Å². The fourth-order valence-corrected chi connectivity index (χ4v) is 2.69. The number of rotatable bonds is 7. The number of amides is 1. The van der Waals surface area contributed by atoms with Crippen molar-refractivity contribution < 1.29 is 9.53 Å². The number of benzene rings is 2. The molecule has 0 fully saturated rings. The maximum absolute atomic E-state index is 12.8. The molecule has 0 aliphatic rings. The molecule has 1 amide bonds. The largest absolute Gasteiger partial charge is 0.380 e. The van der Waals surface area contributed by atoms with Gasteiger partial charge in [0.05, 0.1) is 19.2 Å². The minimum Gasteiger partial charge on any atom is -0.380 e. The van der Waals surface area contributed by atoms with Crippen molar-refractivity contribution in [1.29, 1.82) is 0 Å². The Kier molecular flexibility index (Phi) is 5.53. The molecule has 1 atom stereocenters. The van der Waals surface area contributed by atoms with Crippen molar-refractivity contribution in [2.45, 2.75) is 19.2 Å². The highest BCUT2D eigenvalue weighted by Gasteiger charge is 2.18. The van der Waals surface area contributed by atoms with Crippen LogP contribution >= 0.6 is 0 Å². The van der Waals surface area contributed by atoms with Crippen molar-refractivity contribution in [3.63, 3.8) is 0 Å². The van der Waals surface area contributed by atoms with Gasteiger partial charge in [-0.3, -0.25) is 9.48 Å². The third-order valence-electron chi connectivity index (χ3n) is 3.91. The van der Waals surface area contributed by atoms with E-state index in [1.807, 2.05) is 48.5 Å². The molecular formula is C19H20N4O2. The van der Waals surface area contributed by atoms with E-state index in [2.05, 4.69) is 15.4 Å². The van der Waals surface area contributed by atoms with Crippen LogP contribution in [0.2, 0.25) is 0 Å². The van der Waals surface area contributed by atoms with Crippen LogP contribution in [0.25, 0.3) is 0 Å². The minimum absolute atomic E-state index is 0.137. The van der Waals surface area contributed by atoms with Gasteiger partial charge in [0.25, 0.3) is 5.91 Å². The highest BCUT2D eigenvalue weighted by Crippen LogP contribution is 2.17. The van der Waals surface area contributed by atoms with Crippen molar-refractivity contribution in [2.75, 3.05) is 7.11 Å². The van der Waals surface area contributed by atoms with E-state index in [9.17, 15) is 4.79 Å². The van der Waals surface area contributed by atoms with Crippen molar-refractivity contribution >= 4 is 5.91 Å². The number of methoxy groups -OCH3 is 1. The van der Waals surface area contributed by atoms with Crippen molar-refractivity contribution in [3.05, 3.63) is 83.9 Å². The Morgan fingerprint density at radius 1 is 1.16 bits per heavy atom. The van der Waals surface area contributed by atoms with Gasteiger partial charge < -0.3 is 10.1 Å². The normalized spacial score (nSPS) is 11.9. The summed E-state index contributed by atoms with van der Waals surface area (Å²) in [7, 11) is 1.62. The molecule has 2 aromatic carbocycles. The molecule has 0 aliphatic carbocycles. The van der Waals surface area contributed by atoms with Crippen LogP contribution < -0.4 is 5.32 Å². The number of nitrogens with one attached hydrogen (secondary N) is 1. The van der Waals surface area contributed by atoms with E-state index in [4.69, 9.17) is 4.74 Å². The lowest BCUT2D eigenvalue weighted by Gasteiger charge is -2.20. The van der Waals surface area contributed by atoms with Crippen LogP contribution in [-0.4, -0.2) is 27.8 Å². The summed E-state index contributed by atoms with van der Waals surface area (Å²) in [5.41, 5.74) is 2.48. The molecule has 1 heterocycles. The monoisotopic (exact) mass is 336 g/mol. The molecule has 1 unspecified atom stereocenters. The van der Waals surface area contributed by atoms with Crippen LogP contribution in [0.5, 0.6) is 0 Å². The van der Waals surface area contributed by atoms with Crippen LogP contribution in [-0.2, 0) is 17.9 Å². The quantitative estimate of drug-likeness (QED) is 0.720. The molecule has 0 bridgehead atoms. The highest BCUT2D eigenvalue weighted by molar-refractivity contribution is 5.95. The second kappa shape index (κ2) is 8.21. The van der Waals surface area contributed by atoms with Gasteiger partial charge in [0, 0.05) is 12.7 Å². The third-order valence-corrected chi connectivity index (χ3v) is 3.91. The maximum Gasteiger partial charge on any atom is 0.252 e. The molecule has 0 spiro atoms. The second-order valence-corrected chi connectivity index (χ2v) is 5.64. The van der Waals surface area contributed by atoms with Crippen molar-refractivity contribution in [1.82, 2.24) is 20.1 Å². The molecule has 0 saturated heterocycles. The summed E-state index contributed by atoms with van der Waals surface area (Å²) in [4.78, 5) is 16.8. The predicted octanol–water partition coefficient (Wildman–Crippen LogP) is 2.60. The fraction of sp³-hybridized carbons (Fsp3) is 0.211. The summed E-state index contributed by atoms with van der Waals surface area (Å²) in [5.74, 6) is -0.137. The Labute approximate surface area is 146 Å². The van der Waals surface area contributed by atoms with Crippen LogP contribution in [0.15, 0.2) is 67.3 Å². The first-order valence-corrected chi connectivity index (χ1v) is 8.03. The molecule has 3 aromatic rings. The molecule has 0 radical (unpaired) electrons. The van der Waals surface area contributed by atoms with E-state index >= 15 is 0 Å². The van der Waals surface area contributed by atoms with Gasteiger partial charge in [-0.15, -0.1) is 0 Å². The Morgan fingerprint density at radius 3 is 2.64 bits per heavy atom. The van der Waals surface area contributed by atoms with E-state index < -0.39 is 0 Å². The Hall–Kier alpha value is -2.99. The Balaban J connectivity index is 1.83. The standard InChI is InChI=1S/C19H20N4O2/c1-25-12-16-9-5-6-10-17(16)19(24)22-18(11-23-14-20-13-21-23)15-7-3-2-4-8-15/h2-10,13-14,18H,11-12H2,1H3,(H,22,24). The van der Waals surface area contributed by atoms with Crippen molar-refractivity contribution in [3.8, 4) is 0 Å². The number of hydrogen-bond acceptors (Lipinski definition) is 4. The third kappa shape index (κ3) is 4.30. The molecule has 0 aliphatic heterocycles. The molecule has 6 heteroatoms. The molecule has 25 heavy (non-hydrogen) atoms. The van der Waals surface area contributed by atoms with Gasteiger partial charge in [-0.1, -0.05) is 48.5 Å². The lowest BCUT2D eigenvalue weighted by Crippen LogP contribution is -2.32. The first-order chi connectivity index (χ1) is 12.3. The summed E-state index contributed by atoms with van der Waals surface area (Å²) >= 11 is 0.